The summed E-state index contributed by atoms with van der Waals surface area (Å²) < 4.78 is 21.8. The van der Waals surface area contributed by atoms with Gasteiger partial charge >= 0.3 is 11.9 Å². The van der Waals surface area contributed by atoms with Gasteiger partial charge in [-0.25, -0.2) is 9.59 Å². The zero-order valence-electron chi connectivity index (χ0n) is 16.6. The number of dihydropyridines is 1. The molecule has 0 aromatic heterocycles. The van der Waals surface area contributed by atoms with Crippen LogP contribution in [0, 0.1) is 0 Å². The van der Waals surface area contributed by atoms with Crippen LogP contribution in [0.3, 0.4) is 0 Å². The molecule has 0 spiro atoms. The monoisotopic (exact) mass is 387 g/mol. The highest BCUT2D eigenvalue weighted by Gasteiger charge is 2.38. The summed E-state index contributed by atoms with van der Waals surface area (Å²) in [6, 6.07) is 5.44. The number of ether oxygens (including phenoxy) is 4. The molecule has 1 N–H and O–H groups in total. The highest BCUT2D eigenvalue weighted by atomic mass is 16.6. The lowest BCUT2D eigenvalue weighted by atomic mass is 9.80. The van der Waals surface area contributed by atoms with E-state index in [1.807, 2.05) is 12.1 Å². The Labute approximate surface area is 164 Å². The van der Waals surface area contributed by atoms with Crippen molar-refractivity contribution in [2.24, 2.45) is 0 Å². The fourth-order valence-electron chi connectivity index (χ4n) is 3.53. The van der Waals surface area contributed by atoms with Crippen molar-refractivity contribution < 1.29 is 28.5 Å². The molecular weight excluding hydrogens is 362 g/mol. The quantitative estimate of drug-likeness (QED) is 0.778. The lowest BCUT2D eigenvalue weighted by Crippen LogP contribution is -2.32. The van der Waals surface area contributed by atoms with Gasteiger partial charge in [0.05, 0.1) is 30.3 Å². The van der Waals surface area contributed by atoms with Crippen LogP contribution < -0.4 is 14.8 Å². The number of fused-ring (bicyclic) bond motifs is 1. The van der Waals surface area contributed by atoms with Crippen LogP contribution in [-0.2, 0) is 19.1 Å². The van der Waals surface area contributed by atoms with Gasteiger partial charge in [-0.05, 0) is 45.4 Å². The highest BCUT2D eigenvalue weighted by Crippen LogP contribution is 2.42. The molecule has 1 aromatic rings. The number of hydrogen-bond acceptors (Lipinski definition) is 7. The molecule has 0 aliphatic carbocycles. The summed E-state index contributed by atoms with van der Waals surface area (Å²) in [6.07, 6.45) is 0. The Hall–Kier alpha value is -2.96. The smallest absolute Gasteiger partial charge is 0.336 e. The molecule has 1 aromatic carbocycles. The predicted octanol–water partition coefficient (Wildman–Crippen LogP) is 2.82. The van der Waals surface area contributed by atoms with Gasteiger partial charge in [0.1, 0.15) is 13.2 Å². The fraction of sp³-hybridized carbons (Fsp3) is 0.429. The van der Waals surface area contributed by atoms with E-state index in [0.29, 0.717) is 47.3 Å². The van der Waals surface area contributed by atoms with E-state index in [2.05, 4.69) is 5.32 Å². The maximum absolute atomic E-state index is 12.8. The number of allylic oxidation sites excluding steroid dienone is 2. The van der Waals surface area contributed by atoms with Gasteiger partial charge in [0, 0.05) is 11.4 Å². The van der Waals surface area contributed by atoms with Crippen LogP contribution in [0.4, 0.5) is 0 Å². The van der Waals surface area contributed by atoms with Crippen molar-refractivity contribution in [3.8, 4) is 11.5 Å². The van der Waals surface area contributed by atoms with Crippen molar-refractivity contribution in [2.75, 3.05) is 26.4 Å². The van der Waals surface area contributed by atoms with Crippen LogP contribution >= 0.6 is 0 Å². The van der Waals surface area contributed by atoms with Crippen LogP contribution in [0.5, 0.6) is 11.5 Å². The second-order valence-electron chi connectivity index (χ2n) is 6.48. The number of esters is 2. The molecule has 0 saturated heterocycles. The largest absolute Gasteiger partial charge is 0.486 e. The Kier molecular flexibility index (Phi) is 5.92. The molecule has 0 unspecified atom stereocenters. The minimum absolute atomic E-state index is 0.237. The second kappa shape index (κ2) is 8.37. The van der Waals surface area contributed by atoms with Gasteiger partial charge in [0.2, 0.25) is 0 Å². The van der Waals surface area contributed by atoms with E-state index in [1.54, 1.807) is 33.8 Å². The zero-order chi connectivity index (χ0) is 20.3. The molecule has 0 amide bonds. The molecule has 0 fully saturated rings. The van der Waals surface area contributed by atoms with Crippen molar-refractivity contribution in [3.05, 3.63) is 46.3 Å². The second-order valence-corrected chi connectivity index (χ2v) is 6.48. The first-order valence-electron chi connectivity index (χ1n) is 9.40. The number of carbonyl (C=O) groups excluding carboxylic acids is 2. The predicted molar refractivity (Wildman–Crippen MR) is 102 cm³/mol. The maximum atomic E-state index is 12.8. The molecule has 0 saturated carbocycles. The van der Waals surface area contributed by atoms with E-state index in [-0.39, 0.29) is 13.2 Å². The maximum Gasteiger partial charge on any atom is 0.336 e. The molecular formula is C21H25NO6. The van der Waals surface area contributed by atoms with E-state index >= 15 is 0 Å². The normalized spacial score (nSPS) is 16.6. The van der Waals surface area contributed by atoms with Gasteiger partial charge in [-0.15, -0.1) is 0 Å². The van der Waals surface area contributed by atoms with Crippen molar-refractivity contribution in [3.63, 3.8) is 0 Å². The molecule has 150 valence electrons. The van der Waals surface area contributed by atoms with Crippen LogP contribution in [0.15, 0.2) is 40.7 Å². The van der Waals surface area contributed by atoms with Crippen LogP contribution in [-0.4, -0.2) is 38.4 Å². The number of rotatable bonds is 5. The number of hydrogen-bond donors (Lipinski definition) is 1. The molecule has 7 nitrogen and oxygen atoms in total. The van der Waals surface area contributed by atoms with E-state index in [4.69, 9.17) is 18.9 Å². The van der Waals surface area contributed by atoms with Crippen LogP contribution in [0.1, 0.15) is 39.2 Å². The molecule has 2 heterocycles. The lowest BCUT2D eigenvalue weighted by molar-refractivity contribution is -0.139. The van der Waals surface area contributed by atoms with Crippen molar-refractivity contribution in [1.82, 2.24) is 5.32 Å². The number of nitrogens with one attached hydrogen (secondary N) is 1. The average Bonchev–Trinajstić information content (AvgIpc) is 2.67. The van der Waals surface area contributed by atoms with Gasteiger partial charge in [-0.3, -0.25) is 0 Å². The summed E-state index contributed by atoms with van der Waals surface area (Å²) in [6.45, 7) is 8.49. The van der Waals surface area contributed by atoms with E-state index in [0.717, 1.165) is 5.56 Å². The SMILES string of the molecule is CCOC(=O)C1=C(C)NC(C)=C(C(=O)OCC)C1c1ccc2c(c1)OCCO2. The molecule has 0 bridgehead atoms. The van der Waals surface area contributed by atoms with Gasteiger partial charge in [0.15, 0.2) is 11.5 Å². The van der Waals surface area contributed by atoms with Gasteiger partial charge < -0.3 is 24.3 Å². The third-order valence-electron chi connectivity index (χ3n) is 4.65. The van der Waals surface area contributed by atoms with Gasteiger partial charge in [-0.2, -0.15) is 0 Å². The third-order valence-corrected chi connectivity index (χ3v) is 4.65. The third kappa shape index (κ3) is 3.69. The Bertz CT molecular complexity index is 814. The topological polar surface area (TPSA) is 83.1 Å². The van der Waals surface area contributed by atoms with E-state index in [1.165, 1.54) is 0 Å². The van der Waals surface area contributed by atoms with Gasteiger partial charge in [0.25, 0.3) is 0 Å². The average molecular weight is 387 g/mol. The minimum atomic E-state index is -0.629. The Morgan fingerprint density at radius 2 is 1.50 bits per heavy atom. The number of benzene rings is 1. The summed E-state index contributed by atoms with van der Waals surface area (Å²) in [7, 11) is 0. The summed E-state index contributed by atoms with van der Waals surface area (Å²) in [4.78, 5) is 25.5. The van der Waals surface area contributed by atoms with Crippen LogP contribution in [0.25, 0.3) is 0 Å². The van der Waals surface area contributed by atoms with E-state index in [9.17, 15) is 9.59 Å². The first kappa shape index (κ1) is 19.8. The zero-order valence-corrected chi connectivity index (χ0v) is 16.6. The summed E-state index contributed by atoms with van der Waals surface area (Å²) >= 11 is 0. The van der Waals surface area contributed by atoms with Crippen molar-refractivity contribution in [1.29, 1.82) is 0 Å². The molecule has 28 heavy (non-hydrogen) atoms. The highest BCUT2D eigenvalue weighted by molar-refractivity contribution is 6.00. The molecule has 2 aliphatic rings. The molecule has 0 radical (unpaired) electrons. The Balaban J connectivity index is 2.14. The minimum Gasteiger partial charge on any atom is -0.486 e. The molecule has 7 heteroatoms. The van der Waals surface area contributed by atoms with Crippen LogP contribution in [0.2, 0.25) is 0 Å². The molecule has 3 rings (SSSR count). The van der Waals surface area contributed by atoms with Crippen molar-refractivity contribution >= 4 is 11.9 Å². The molecule has 2 aliphatic heterocycles. The summed E-state index contributed by atoms with van der Waals surface area (Å²) in [5, 5.41) is 3.12. The van der Waals surface area contributed by atoms with Crippen molar-refractivity contribution in [2.45, 2.75) is 33.6 Å². The standard InChI is InChI=1S/C21H25NO6/c1-5-25-20(23)17-12(3)22-13(4)18(21(24)26-6-2)19(17)14-7-8-15-16(11-14)28-10-9-27-15/h7-8,11,19,22H,5-6,9-10H2,1-4H3. The Morgan fingerprint density at radius 1 is 0.964 bits per heavy atom. The Morgan fingerprint density at radius 3 is 2.04 bits per heavy atom. The lowest BCUT2D eigenvalue weighted by Gasteiger charge is -2.31. The summed E-state index contributed by atoms with van der Waals surface area (Å²) in [5.41, 5.74) is 2.78. The van der Waals surface area contributed by atoms with E-state index < -0.39 is 17.9 Å². The summed E-state index contributed by atoms with van der Waals surface area (Å²) in [5.74, 6) is -0.344. The van der Waals surface area contributed by atoms with Gasteiger partial charge in [-0.1, -0.05) is 6.07 Å². The molecule has 0 atom stereocenters. The first-order chi connectivity index (χ1) is 13.5. The first-order valence-corrected chi connectivity index (χ1v) is 9.40. The fourth-order valence-corrected chi connectivity index (χ4v) is 3.53. The number of carbonyl (C=O) groups is 2.